The summed E-state index contributed by atoms with van der Waals surface area (Å²) in [6.07, 6.45) is 2.00. The maximum Gasteiger partial charge on any atom is 0.229 e. The van der Waals surface area contributed by atoms with Gasteiger partial charge in [-0.1, -0.05) is 19.0 Å². The van der Waals surface area contributed by atoms with Crippen LogP contribution in [0.4, 0.5) is 0 Å². The first-order valence-electron chi connectivity index (χ1n) is 5.30. The molecule has 2 N–H and O–H groups in total. The lowest BCUT2D eigenvalue weighted by Crippen LogP contribution is -2.17. The molecule has 0 aliphatic carbocycles. The maximum absolute atomic E-state index is 5.79. The molecule has 0 aromatic carbocycles. The second-order valence-corrected chi connectivity index (χ2v) is 3.57. The normalized spacial score (nSPS) is 13.4. The van der Waals surface area contributed by atoms with Gasteiger partial charge in [0.2, 0.25) is 5.89 Å². The van der Waals surface area contributed by atoms with Crippen LogP contribution in [0.2, 0.25) is 0 Å². The Morgan fingerprint density at radius 3 is 2.60 bits per heavy atom. The molecule has 0 aliphatic heterocycles. The minimum absolute atomic E-state index is 0.304. The number of ether oxygens (including phenoxy) is 1. The minimum atomic E-state index is -0.304. The van der Waals surface area contributed by atoms with E-state index in [0.29, 0.717) is 24.2 Å². The van der Waals surface area contributed by atoms with Crippen molar-refractivity contribution in [3.05, 3.63) is 11.7 Å². The lowest BCUT2D eigenvalue weighted by Gasteiger charge is -2.05. The van der Waals surface area contributed by atoms with E-state index in [1.54, 1.807) is 7.11 Å². The summed E-state index contributed by atoms with van der Waals surface area (Å²) in [5.74, 6) is 1.54. The minimum Gasteiger partial charge on any atom is -0.383 e. The molecule has 0 bridgehead atoms. The smallest absolute Gasteiger partial charge is 0.229 e. The van der Waals surface area contributed by atoms with Gasteiger partial charge in [0.25, 0.3) is 0 Å². The first-order valence-corrected chi connectivity index (χ1v) is 5.30. The fourth-order valence-corrected chi connectivity index (χ4v) is 1.46. The van der Waals surface area contributed by atoms with Crippen LogP contribution < -0.4 is 5.73 Å². The Morgan fingerprint density at radius 1 is 1.40 bits per heavy atom. The lowest BCUT2D eigenvalue weighted by molar-refractivity contribution is 0.177. The molecule has 0 spiro atoms. The summed E-state index contributed by atoms with van der Waals surface area (Å²) >= 11 is 0. The molecule has 1 rings (SSSR count). The molecule has 1 aromatic heterocycles. The molecular weight excluding hydrogens is 194 g/mol. The second kappa shape index (κ2) is 5.82. The third kappa shape index (κ3) is 3.00. The molecule has 1 heterocycles. The highest BCUT2D eigenvalue weighted by atomic mass is 16.5. The van der Waals surface area contributed by atoms with E-state index in [1.165, 1.54) is 0 Å². The van der Waals surface area contributed by atoms with Crippen molar-refractivity contribution in [1.82, 2.24) is 10.1 Å². The second-order valence-electron chi connectivity index (χ2n) is 3.57. The number of nitrogens with two attached hydrogens (primary N) is 1. The Bertz CT molecular complexity index is 284. The quantitative estimate of drug-likeness (QED) is 0.777. The molecular formula is C10H19N3O2. The standard InChI is InChI=1S/C10H19N3O2/c1-4-7(5-2)10-12-9(13-15-10)8(11)6-14-3/h7-8H,4-6,11H2,1-3H3. The summed E-state index contributed by atoms with van der Waals surface area (Å²) in [6, 6.07) is -0.304. The largest absolute Gasteiger partial charge is 0.383 e. The number of rotatable bonds is 6. The summed E-state index contributed by atoms with van der Waals surface area (Å²) in [5.41, 5.74) is 5.79. The third-order valence-corrected chi connectivity index (χ3v) is 2.47. The summed E-state index contributed by atoms with van der Waals surface area (Å²) in [4.78, 5) is 4.29. The molecule has 0 radical (unpaired) electrons. The monoisotopic (exact) mass is 213 g/mol. The van der Waals surface area contributed by atoms with E-state index in [4.69, 9.17) is 15.0 Å². The maximum atomic E-state index is 5.79. The molecule has 0 aliphatic rings. The van der Waals surface area contributed by atoms with Crippen molar-refractivity contribution >= 4 is 0 Å². The van der Waals surface area contributed by atoms with Crippen molar-refractivity contribution < 1.29 is 9.26 Å². The molecule has 1 aromatic rings. The zero-order chi connectivity index (χ0) is 11.3. The zero-order valence-corrected chi connectivity index (χ0v) is 9.56. The van der Waals surface area contributed by atoms with Crippen molar-refractivity contribution in [2.75, 3.05) is 13.7 Å². The van der Waals surface area contributed by atoms with Gasteiger partial charge in [-0.3, -0.25) is 0 Å². The molecule has 0 saturated heterocycles. The van der Waals surface area contributed by atoms with Crippen molar-refractivity contribution in [2.45, 2.75) is 38.6 Å². The van der Waals surface area contributed by atoms with Crippen molar-refractivity contribution in [1.29, 1.82) is 0 Å². The van der Waals surface area contributed by atoms with E-state index >= 15 is 0 Å². The van der Waals surface area contributed by atoms with Crippen molar-refractivity contribution in [3.8, 4) is 0 Å². The predicted molar refractivity (Wildman–Crippen MR) is 56.4 cm³/mol. The number of nitrogens with zero attached hydrogens (tertiary/aromatic N) is 2. The highest BCUT2D eigenvalue weighted by Crippen LogP contribution is 2.21. The average molecular weight is 213 g/mol. The van der Waals surface area contributed by atoms with Crippen molar-refractivity contribution in [3.63, 3.8) is 0 Å². The Kier molecular flexibility index (Phi) is 4.71. The van der Waals surface area contributed by atoms with Crippen LogP contribution in [0.1, 0.15) is 50.4 Å². The summed E-state index contributed by atoms with van der Waals surface area (Å²) in [6.45, 7) is 4.61. The number of hydrogen-bond acceptors (Lipinski definition) is 5. The van der Waals surface area contributed by atoms with Crippen LogP contribution in [0, 0.1) is 0 Å². The summed E-state index contributed by atoms with van der Waals surface area (Å²) in [5, 5.41) is 3.86. The Hall–Kier alpha value is -0.940. The van der Waals surface area contributed by atoms with Gasteiger partial charge >= 0.3 is 0 Å². The van der Waals surface area contributed by atoms with Gasteiger partial charge in [-0.15, -0.1) is 0 Å². The Balaban J connectivity index is 2.70. The van der Waals surface area contributed by atoms with Crippen LogP contribution in [0.5, 0.6) is 0 Å². The molecule has 15 heavy (non-hydrogen) atoms. The number of hydrogen-bond donors (Lipinski definition) is 1. The van der Waals surface area contributed by atoms with Crippen LogP contribution in [-0.4, -0.2) is 23.9 Å². The fraction of sp³-hybridized carbons (Fsp3) is 0.800. The van der Waals surface area contributed by atoms with Gasteiger partial charge < -0.3 is 15.0 Å². The lowest BCUT2D eigenvalue weighted by atomic mass is 10.0. The van der Waals surface area contributed by atoms with E-state index in [1.807, 2.05) is 0 Å². The van der Waals surface area contributed by atoms with Gasteiger partial charge in [0.05, 0.1) is 12.6 Å². The van der Waals surface area contributed by atoms with Crippen LogP contribution >= 0.6 is 0 Å². The van der Waals surface area contributed by atoms with Gasteiger partial charge in [0.1, 0.15) is 0 Å². The van der Waals surface area contributed by atoms with Gasteiger partial charge in [-0.2, -0.15) is 4.98 Å². The zero-order valence-electron chi connectivity index (χ0n) is 9.56. The predicted octanol–water partition coefficient (Wildman–Crippen LogP) is 1.62. The van der Waals surface area contributed by atoms with E-state index in [-0.39, 0.29) is 6.04 Å². The van der Waals surface area contributed by atoms with Crippen molar-refractivity contribution in [2.24, 2.45) is 5.73 Å². The molecule has 1 atom stereocenters. The van der Waals surface area contributed by atoms with Gasteiger partial charge in [-0.25, -0.2) is 0 Å². The topological polar surface area (TPSA) is 74.2 Å². The molecule has 0 fully saturated rings. The van der Waals surface area contributed by atoms with Crippen LogP contribution in [0.3, 0.4) is 0 Å². The molecule has 86 valence electrons. The molecule has 1 unspecified atom stereocenters. The van der Waals surface area contributed by atoms with E-state index in [0.717, 1.165) is 12.8 Å². The van der Waals surface area contributed by atoms with Gasteiger partial charge in [0, 0.05) is 13.0 Å². The molecule has 0 saturated carbocycles. The van der Waals surface area contributed by atoms with Crippen LogP contribution in [0.15, 0.2) is 4.52 Å². The fourth-order valence-electron chi connectivity index (χ4n) is 1.46. The number of methoxy groups -OCH3 is 1. The first kappa shape index (κ1) is 12.1. The Morgan fingerprint density at radius 2 is 2.07 bits per heavy atom. The van der Waals surface area contributed by atoms with E-state index < -0.39 is 0 Å². The van der Waals surface area contributed by atoms with E-state index in [2.05, 4.69) is 24.0 Å². The SMILES string of the molecule is CCC(CC)c1nc(C(N)COC)no1. The highest BCUT2D eigenvalue weighted by molar-refractivity contribution is 4.97. The third-order valence-electron chi connectivity index (χ3n) is 2.47. The van der Waals surface area contributed by atoms with E-state index in [9.17, 15) is 0 Å². The first-order chi connectivity index (χ1) is 7.22. The summed E-state index contributed by atoms with van der Waals surface area (Å²) in [7, 11) is 1.60. The molecule has 0 amide bonds. The van der Waals surface area contributed by atoms with Gasteiger partial charge in [0.15, 0.2) is 5.82 Å². The Labute approximate surface area is 90.0 Å². The molecule has 5 heteroatoms. The molecule has 5 nitrogen and oxygen atoms in total. The number of aromatic nitrogens is 2. The van der Waals surface area contributed by atoms with Crippen LogP contribution in [-0.2, 0) is 4.74 Å². The van der Waals surface area contributed by atoms with Crippen LogP contribution in [0.25, 0.3) is 0 Å². The van der Waals surface area contributed by atoms with Gasteiger partial charge in [-0.05, 0) is 12.8 Å². The summed E-state index contributed by atoms with van der Waals surface area (Å²) < 4.78 is 10.1. The average Bonchev–Trinajstić information content (AvgIpc) is 2.69. The highest BCUT2D eigenvalue weighted by Gasteiger charge is 2.18.